The summed E-state index contributed by atoms with van der Waals surface area (Å²) in [5, 5.41) is 3.35. The first kappa shape index (κ1) is 16.0. The topological polar surface area (TPSA) is 47.6 Å². The van der Waals surface area contributed by atoms with Crippen LogP contribution < -0.4 is 10.1 Å². The summed E-state index contributed by atoms with van der Waals surface area (Å²) >= 11 is 3.44. The average molecular weight is 330 g/mol. The SMILES string of the molecule is COC(=O)COc1ccc(Br)cc1CNCC(C)C. The average Bonchev–Trinajstić information content (AvgIpc) is 2.37. The van der Waals surface area contributed by atoms with E-state index in [1.807, 2.05) is 18.2 Å². The molecule has 0 aromatic heterocycles. The fourth-order valence-corrected chi connectivity index (χ4v) is 1.93. The Morgan fingerprint density at radius 2 is 2.16 bits per heavy atom. The number of ether oxygens (including phenoxy) is 2. The van der Waals surface area contributed by atoms with Gasteiger partial charge in [0.25, 0.3) is 0 Å². The second-order valence-corrected chi connectivity index (χ2v) is 5.56. The second-order valence-electron chi connectivity index (χ2n) is 4.64. The summed E-state index contributed by atoms with van der Waals surface area (Å²) in [4.78, 5) is 11.1. The third-order valence-electron chi connectivity index (χ3n) is 2.46. The zero-order chi connectivity index (χ0) is 14.3. The van der Waals surface area contributed by atoms with Crippen LogP contribution in [0.5, 0.6) is 5.75 Å². The van der Waals surface area contributed by atoms with Crippen LogP contribution >= 0.6 is 15.9 Å². The Kier molecular flexibility index (Phi) is 6.87. The molecule has 0 aliphatic heterocycles. The normalized spacial score (nSPS) is 10.6. The van der Waals surface area contributed by atoms with Gasteiger partial charge in [-0.1, -0.05) is 29.8 Å². The Morgan fingerprint density at radius 1 is 1.42 bits per heavy atom. The van der Waals surface area contributed by atoms with E-state index < -0.39 is 0 Å². The molecule has 1 aromatic rings. The van der Waals surface area contributed by atoms with Crippen LogP contribution in [0.1, 0.15) is 19.4 Å². The van der Waals surface area contributed by atoms with Crippen LogP contribution in [0.2, 0.25) is 0 Å². The fourth-order valence-electron chi connectivity index (χ4n) is 1.52. The van der Waals surface area contributed by atoms with E-state index in [9.17, 15) is 4.79 Å². The highest BCUT2D eigenvalue weighted by molar-refractivity contribution is 9.10. The number of carbonyl (C=O) groups is 1. The van der Waals surface area contributed by atoms with Crippen LogP contribution in [0.3, 0.4) is 0 Å². The van der Waals surface area contributed by atoms with E-state index in [1.54, 1.807) is 0 Å². The molecule has 0 unspecified atom stereocenters. The Hall–Kier alpha value is -1.07. The number of carbonyl (C=O) groups excluding carboxylic acids is 1. The molecule has 0 bridgehead atoms. The molecular formula is C14H20BrNO3. The standard InChI is InChI=1S/C14H20BrNO3/c1-10(2)7-16-8-11-6-12(15)4-5-13(11)19-9-14(17)18-3/h4-6,10,16H,7-9H2,1-3H3. The molecular weight excluding hydrogens is 310 g/mol. The van der Waals surface area contributed by atoms with Gasteiger partial charge in [0.2, 0.25) is 0 Å². The van der Waals surface area contributed by atoms with Gasteiger partial charge in [0.05, 0.1) is 7.11 Å². The van der Waals surface area contributed by atoms with Gasteiger partial charge in [-0.25, -0.2) is 4.79 Å². The Morgan fingerprint density at radius 3 is 2.79 bits per heavy atom. The number of hydrogen-bond donors (Lipinski definition) is 1. The molecule has 1 rings (SSSR count). The number of nitrogens with one attached hydrogen (secondary N) is 1. The maximum absolute atomic E-state index is 11.1. The molecule has 0 radical (unpaired) electrons. The van der Waals surface area contributed by atoms with Crippen molar-refractivity contribution < 1.29 is 14.3 Å². The van der Waals surface area contributed by atoms with Gasteiger partial charge in [0.15, 0.2) is 6.61 Å². The first-order valence-corrected chi connectivity index (χ1v) is 7.01. The van der Waals surface area contributed by atoms with Crippen LogP contribution in [-0.4, -0.2) is 26.2 Å². The maximum atomic E-state index is 11.1. The van der Waals surface area contributed by atoms with Crippen LogP contribution in [0.4, 0.5) is 0 Å². The summed E-state index contributed by atoms with van der Waals surface area (Å²) in [6, 6.07) is 5.72. The Labute approximate surface area is 122 Å². The first-order chi connectivity index (χ1) is 9.02. The molecule has 0 amide bonds. The van der Waals surface area contributed by atoms with Crippen molar-refractivity contribution >= 4 is 21.9 Å². The predicted octanol–water partition coefficient (Wildman–Crippen LogP) is 2.75. The van der Waals surface area contributed by atoms with Crippen molar-refractivity contribution in [3.05, 3.63) is 28.2 Å². The van der Waals surface area contributed by atoms with Crippen molar-refractivity contribution in [2.24, 2.45) is 5.92 Å². The summed E-state index contributed by atoms with van der Waals surface area (Å²) < 4.78 is 11.0. The van der Waals surface area contributed by atoms with Crippen molar-refractivity contribution in [3.8, 4) is 5.75 Å². The summed E-state index contributed by atoms with van der Waals surface area (Å²) in [6.45, 7) is 5.87. The van der Waals surface area contributed by atoms with Gasteiger partial charge in [-0.3, -0.25) is 0 Å². The predicted molar refractivity (Wildman–Crippen MR) is 78.2 cm³/mol. The minimum Gasteiger partial charge on any atom is -0.482 e. The zero-order valence-corrected chi connectivity index (χ0v) is 13.1. The van der Waals surface area contributed by atoms with Crippen LogP contribution in [0.25, 0.3) is 0 Å². The molecule has 4 nitrogen and oxygen atoms in total. The molecule has 1 N–H and O–H groups in total. The number of esters is 1. The highest BCUT2D eigenvalue weighted by atomic mass is 79.9. The van der Waals surface area contributed by atoms with Gasteiger partial charge < -0.3 is 14.8 Å². The molecule has 106 valence electrons. The number of hydrogen-bond acceptors (Lipinski definition) is 4. The van der Waals surface area contributed by atoms with E-state index in [0.29, 0.717) is 18.2 Å². The quantitative estimate of drug-likeness (QED) is 0.781. The number of rotatable bonds is 7. The minimum atomic E-state index is -0.385. The lowest BCUT2D eigenvalue weighted by Crippen LogP contribution is -2.20. The van der Waals surface area contributed by atoms with Crippen LogP contribution in [-0.2, 0) is 16.1 Å². The van der Waals surface area contributed by atoms with Crippen molar-refractivity contribution in [2.45, 2.75) is 20.4 Å². The van der Waals surface area contributed by atoms with Gasteiger partial charge in [-0.15, -0.1) is 0 Å². The zero-order valence-electron chi connectivity index (χ0n) is 11.5. The van der Waals surface area contributed by atoms with E-state index in [1.165, 1.54) is 7.11 Å². The molecule has 0 aliphatic carbocycles. The summed E-state index contributed by atoms with van der Waals surface area (Å²) in [7, 11) is 1.35. The molecule has 0 fully saturated rings. The molecule has 5 heteroatoms. The largest absolute Gasteiger partial charge is 0.482 e. The van der Waals surface area contributed by atoms with Gasteiger partial charge in [0.1, 0.15) is 5.75 Å². The lowest BCUT2D eigenvalue weighted by Gasteiger charge is -2.13. The van der Waals surface area contributed by atoms with E-state index in [-0.39, 0.29) is 12.6 Å². The van der Waals surface area contributed by atoms with Crippen LogP contribution in [0, 0.1) is 5.92 Å². The molecule has 0 saturated carbocycles. The smallest absolute Gasteiger partial charge is 0.343 e. The Bertz CT molecular complexity index is 421. The van der Waals surface area contributed by atoms with Crippen molar-refractivity contribution in [2.75, 3.05) is 20.3 Å². The van der Waals surface area contributed by atoms with Crippen molar-refractivity contribution in [1.82, 2.24) is 5.32 Å². The van der Waals surface area contributed by atoms with E-state index in [0.717, 1.165) is 16.6 Å². The van der Waals surface area contributed by atoms with E-state index in [4.69, 9.17) is 4.74 Å². The highest BCUT2D eigenvalue weighted by Gasteiger charge is 2.08. The minimum absolute atomic E-state index is 0.0741. The van der Waals surface area contributed by atoms with E-state index >= 15 is 0 Å². The fraction of sp³-hybridized carbons (Fsp3) is 0.500. The van der Waals surface area contributed by atoms with Gasteiger partial charge in [-0.2, -0.15) is 0 Å². The number of halogens is 1. The third kappa shape index (κ3) is 6.07. The maximum Gasteiger partial charge on any atom is 0.343 e. The van der Waals surface area contributed by atoms with Gasteiger partial charge in [0, 0.05) is 16.6 Å². The number of benzene rings is 1. The van der Waals surface area contributed by atoms with Gasteiger partial charge >= 0.3 is 5.97 Å². The summed E-state index contributed by atoms with van der Waals surface area (Å²) in [5.74, 6) is 0.903. The first-order valence-electron chi connectivity index (χ1n) is 6.21. The molecule has 19 heavy (non-hydrogen) atoms. The third-order valence-corrected chi connectivity index (χ3v) is 2.96. The number of methoxy groups -OCH3 is 1. The van der Waals surface area contributed by atoms with Gasteiger partial charge in [-0.05, 0) is 30.7 Å². The molecule has 0 atom stereocenters. The molecule has 0 heterocycles. The molecule has 0 aliphatic rings. The summed E-state index contributed by atoms with van der Waals surface area (Å²) in [5.41, 5.74) is 1.01. The monoisotopic (exact) mass is 329 g/mol. The summed E-state index contributed by atoms with van der Waals surface area (Å²) in [6.07, 6.45) is 0. The lowest BCUT2D eigenvalue weighted by atomic mass is 10.2. The molecule has 1 aromatic carbocycles. The molecule has 0 spiro atoms. The van der Waals surface area contributed by atoms with E-state index in [2.05, 4.69) is 39.8 Å². The van der Waals surface area contributed by atoms with Crippen molar-refractivity contribution in [1.29, 1.82) is 0 Å². The van der Waals surface area contributed by atoms with Crippen LogP contribution in [0.15, 0.2) is 22.7 Å². The second kappa shape index (κ2) is 8.17. The highest BCUT2D eigenvalue weighted by Crippen LogP contribution is 2.23. The molecule has 0 saturated heterocycles. The Balaban J connectivity index is 2.65. The lowest BCUT2D eigenvalue weighted by molar-refractivity contribution is -0.142. The van der Waals surface area contributed by atoms with Crippen molar-refractivity contribution in [3.63, 3.8) is 0 Å².